The fraction of sp³-hybridized carbons (Fsp3) is 0.286. The van der Waals surface area contributed by atoms with Crippen LogP contribution in [0.5, 0.6) is 0 Å². The minimum Gasteiger partial charge on any atom is -0.479 e. The van der Waals surface area contributed by atoms with Crippen LogP contribution in [-0.2, 0) is 4.79 Å². The summed E-state index contributed by atoms with van der Waals surface area (Å²) >= 11 is 0. The maximum atomic E-state index is 12.0. The highest BCUT2D eigenvalue weighted by Crippen LogP contribution is 2.19. The molecule has 0 saturated carbocycles. The number of hydrogen-bond acceptors (Lipinski definition) is 2. The van der Waals surface area contributed by atoms with E-state index in [0.29, 0.717) is 5.56 Å². The molecule has 4 heteroatoms. The van der Waals surface area contributed by atoms with Gasteiger partial charge in [-0.1, -0.05) is 38.1 Å². The van der Waals surface area contributed by atoms with Gasteiger partial charge in [0.2, 0.25) is 0 Å². The van der Waals surface area contributed by atoms with E-state index in [1.165, 1.54) is 6.08 Å². The van der Waals surface area contributed by atoms with Crippen LogP contribution >= 0.6 is 0 Å². The summed E-state index contributed by atoms with van der Waals surface area (Å²) in [7, 11) is 0. The minimum atomic E-state index is -1.45. The summed E-state index contributed by atoms with van der Waals surface area (Å²) in [6.45, 7) is 6.97. The van der Waals surface area contributed by atoms with Crippen molar-refractivity contribution in [3.8, 4) is 0 Å². The Morgan fingerprint density at radius 3 is 2.28 bits per heavy atom. The van der Waals surface area contributed by atoms with Crippen molar-refractivity contribution in [3.63, 3.8) is 0 Å². The topological polar surface area (TPSA) is 66.4 Å². The molecule has 2 N–H and O–H groups in total. The number of aliphatic carboxylic acids is 1. The van der Waals surface area contributed by atoms with E-state index in [4.69, 9.17) is 0 Å². The molecular weight excluding hydrogens is 230 g/mol. The Bertz CT molecular complexity index is 453. The van der Waals surface area contributed by atoms with E-state index in [9.17, 15) is 14.7 Å². The van der Waals surface area contributed by atoms with Gasteiger partial charge in [-0.05, 0) is 18.1 Å². The molecule has 0 aromatic heterocycles. The Morgan fingerprint density at radius 1 is 1.33 bits per heavy atom. The lowest BCUT2D eigenvalue weighted by Crippen LogP contribution is -2.56. The Labute approximate surface area is 106 Å². The van der Waals surface area contributed by atoms with Crippen LogP contribution in [0.1, 0.15) is 24.2 Å². The van der Waals surface area contributed by atoms with Crippen LogP contribution < -0.4 is 5.32 Å². The second-order valence-electron chi connectivity index (χ2n) is 4.35. The Hall–Kier alpha value is -2.10. The van der Waals surface area contributed by atoms with Gasteiger partial charge in [0.05, 0.1) is 0 Å². The molecule has 0 aliphatic carbocycles. The second kappa shape index (κ2) is 5.49. The first kappa shape index (κ1) is 14.0. The molecule has 0 spiro atoms. The second-order valence-corrected chi connectivity index (χ2v) is 4.35. The Kier molecular flexibility index (Phi) is 4.26. The highest BCUT2D eigenvalue weighted by atomic mass is 16.4. The lowest BCUT2D eigenvalue weighted by molar-refractivity contribution is -0.144. The molecule has 1 amide bonds. The fourth-order valence-electron chi connectivity index (χ4n) is 1.67. The molecule has 4 nitrogen and oxygen atoms in total. The monoisotopic (exact) mass is 247 g/mol. The van der Waals surface area contributed by atoms with Crippen molar-refractivity contribution in [3.05, 3.63) is 48.6 Å². The molecule has 0 unspecified atom stereocenters. The zero-order chi connectivity index (χ0) is 13.8. The van der Waals surface area contributed by atoms with E-state index in [1.54, 1.807) is 44.2 Å². The van der Waals surface area contributed by atoms with Gasteiger partial charge < -0.3 is 10.4 Å². The van der Waals surface area contributed by atoms with E-state index >= 15 is 0 Å². The van der Waals surface area contributed by atoms with E-state index in [2.05, 4.69) is 11.9 Å². The first-order valence-electron chi connectivity index (χ1n) is 5.68. The van der Waals surface area contributed by atoms with Crippen LogP contribution in [0.4, 0.5) is 0 Å². The van der Waals surface area contributed by atoms with Gasteiger partial charge in [-0.25, -0.2) is 4.79 Å². The zero-order valence-corrected chi connectivity index (χ0v) is 10.5. The average molecular weight is 247 g/mol. The van der Waals surface area contributed by atoms with Gasteiger partial charge in [-0.2, -0.15) is 0 Å². The molecule has 0 fully saturated rings. The van der Waals surface area contributed by atoms with Gasteiger partial charge in [-0.15, -0.1) is 6.58 Å². The van der Waals surface area contributed by atoms with Crippen LogP contribution in [0, 0.1) is 5.92 Å². The molecule has 1 aromatic rings. The quantitative estimate of drug-likeness (QED) is 0.783. The zero-order valence-electron chi connectivity index (χ0n) is 10.5. The number of hydrogen-bond donors (Lipinski definition) is 2. The maximum Gasteiger partial charge on any atom is 0.333 e. The normalized spacial score (nSPS) is 13.7. The number of rotatable bonds is 5. The largest absolute Gasteiger partial charge is 0.479 e. The molecule has 0 bridgehead atoms. The molecule has 0 aliphatic heterocycles. The van der Waals surface area contributed by atoms with Crippen LogP contribution in [0.3, 0.4) is 0 Å². The fourth-order valence-corrected chi connectivity index (χ4v) is 1.67. The van der Waals surface area contributed by atoms with Crippen molar-refractivity contribution in [2.24, 2.45) is 5.92 Å². The lowest BCUT2D eigenvalue weighted by atomic mass is 9.86. The van der Waals surface area contributed by atoms with E-state index in [0.717, 1.165) is 0 Å². The van der Waals surface area contributed by atoms with Crippen LogP contribution in [-0.4, -0.2) is 22.5 Å². The van der Waals surface area contributed by atoms with Crippen molar-refractivity contribution in [2.45, 2.75) is 19.4 Å². The SMILES string of the molecule is C=C[C@@](NC(=O)c1ccccc1)(C(=O)O)C(C)C. The maximum absolute atomic E-state index is 12.0. The summed E-state index contributed by atoms with van der Waals surface area (Å²) < 4.78 is 0. The molecule has 0 saturated heterocycles. The van der Waals surface area contributed by atoms with Crippen molar-refractivity contribution in [1.29, 1.82) is 0 Å². The number of amides is 1. The number of carboxylic acid groups (broad SMARTS) is 1. The summed E-state index contributed by atoms with van der Waals surface area (Å²) in [6.07, 6.45) is 1.26. The molecule has 18 heavy (non-hydrogen) atoms. The number of nitrogens with one attached hydrogen (secondary N) is 1. The summed E-state index contributed by atoms with van der Waals surface area (Å²) in [5, 5.41) is 11.8. The number of carbonyl (C=O) groups is 2. The lowest BCUT2D eigenvalue weighted by Gasteiger charge is -2.31. The highest BCUT2D eigenvalue weighted by molar-refractivity contribution is 5.98. The molecular formula is C14H17NO3. The van der Waals surface area contributed by atoms with Gasteiger partial charge in [0.15, 0.2) is 5.54 Å². The third kappa shape index (κ3) is 2.59. The molecule has 0 heterocycles. The Balaban J connectivity index is 3.02. The van der Waals surface area contributed by atoms with Crippen molar-refractivity contribution in [1.82, 2.24) is 5.32 Å². The van der Waals surface area contributed by atoms with Crippen LogP contribution in [0.2, 0.25) is 0 Å². The van der Waals surface area contributed by atoms with Gasteiger partial charge in [0, 0.05) is 5.56 Å². The first-order chi connectivity index (χ1) is 8.44. The highest BCUT2D eigenvalue weighted by Gasteiger charge is 2.40. The molecule has 0 aliphatic rings. The van der Waals surface area contributed by atoms with Crippen molar-refractivity contribution < 1.29 is 14.7 Å². The molecule has 1 rings (SSSR count). The predicted octanol–water partition coefficient (Wildman–Crippen LogP) is 2.08. The molecule has 96 valence electrons. The number of benzene rings is 1. The van der Waals surface area contributed by atoms with E-state index in [1.807, 2.05) is 0 Å². The number of carboxylic acids is 1. The predicted molar refractivity (Wildman–Crippen MR) is 69.3 cm³/mol. The third-order valence-electron chi connectivity index (χ3n) is 2.94. The molecule has 1 aromatic carbocycles. The van der Waals surface area contributed by atoms with Gasteiger partial charge in [-0.3, -0.25) is 4.79 Å². The van der Waals surface area contributed by atoms with E-state index in [-0.39, 0.29) is 5.92 Å². The van der Waals surface area contributed by atoms with Crippen LogP contribution in [0.15, 0.2) is 43.0 Å². The summed E-state index contributed by atoms with van der Waals surface area (Å²) in [4.78, 5) is 23.4. The van der Waals surface area contributed by atoms with Crippen molar-refractivity contribution >= 4 is 11.9 Å². The van der Waals surface area contributed by atoms with Gasteiger partial charge in [0.1, 0.15) is 0 Å². The molecule has 1 atom stereocenters. The van der Waals surface area contributed by atoms with Crippen molar-refractivity contribution in [2.75, 3.05) is 0 Å². The first-order valence-corrected chi connectivity index (χ1v) is 5.68. The smallest absolute Gasteiger partial charge is 0.333 e. The van der Waals surface area contributed by atoms with E-state index < -0.39 is 17.4 Å². The number of carbonyl (C=O) groups excluding carboxylic acids is 1. The average Bonchev–Trinajstić information content (AvgIpc) is 2.36. The van der Waals surface area contributed by atoms with Gasteiger partial charge in [0.25, 0.3) is 5.91 Å². The Morgan fingerprint density at radius 2 is 1.89 bits per heavy atom. The summed E-state index contributed by atoms with van der Waals surface area (Å²) in [6, 6.07) is 8.50. The summed E-state index contributed by atoms with van der Waals surface area (Å²) in [5.74, 6) is -1.84. The third-order valence-corrected chi connectivity index (χ3v) is 2.94. The standard InChI is InChI=1S/C14H17NO3/c1-4-14(10(2)3,13(17)18)15-12(16)11-8-6-5-7-9-11/h4-10H,1H2,2-3H3,(H,15,16)(H,17,18)/t14-/m0/s1. The summed E-state index contributed by atoms with van der Waals surface area (Å²) in [5.41, 5.74) is -1.03. The van der Waals surface area contributed by atoms with Crippen LogP contribution in [0.25, 0.3) is 0 Å². The van der Waals surface area contributed by atoms with Gasteiger partial charge >= 0.3 is 5.97 Å². The molecule has 0 radical (unpaired) electrons. The minimum absolute atomic E-state index is 0.305.